The highest BCUT2D eigenvalue weighted by Crippen LogP contribution is 2.64. The minimum atomic E-state index is -0.151. The topological polar surface area (TPSA) is 84.5 Å². The van der Waals surface area contributed by atoms with Crippen LogP contribution in [-0.4, -0.2) is 36.4 Å². The predicted molar refractivity (Wildman–Crippen MR) is 130 cm³/mol. The fraction of sp³-hybridized carbons (Fsp3) is 0.679. The van der Waals surface area contributed by atoms with Crippen LogP contribution in [0.5, 0.6) is 0 Å². The molecule has 1 saturated heterocycles. The third kappa shape index (κ3) is 3.98. The summed E-state index contributed by atoms with van der Waals surface area (Å²) in [6, 6.07) is 7.31. The van der Waals surface area contributed by atoms with Crippen LogP contribution in [0.4, 0.5) is 5.69 Å². The summed E-state index contributed by atoms with van der Waals surface area (Å²) in [6.45, 7) is 6.40. The summed E-state index contributed by atoms with van der Waals surface area (Å²) in [4.78, 5) is 36.0. The van der Waals surface area contributed by atoms with Crippen molar-refractivity contribution < 1.29 is 19.1 Å². The number of hydrogen-bond acceptors (Lipinski definition) is 4. The Morgan fingerprint density at radius 3 is 2.47 bits per heavy atom. The minimum absolute atomic E-state index is 0.00989. The average Bonchev–Trinajstić information content (AvgIpc) is 3.15. The zero-order chi connectivity index (χ0) is 24.1. The molecule has 3 aliphatic carbocycles. The van der Waals surface area contributed by atoms with Gasteiger partial charge in [-0.05, 0) is 105 Å². The molecule has 0 bridgehead atoms. The van der Waals surface area contributed by atoms with E-state index in [1.54, 1.807) is 24.3 Å². The summed E-state index contributed by atoms with van der Waals surface area (Å²) in [7, 11) is 0. The molecule has 4 aliphatic rings. The van der Waals surface area contributed by atoms with Crippen LogP contribution >= 0.6 is 0 Å². The third-order valence-electron chi connectivity index (χ3n) is 10.00. The van der Waals surface area contributed by atoms with Crippen molar-refractivity contribution in [2.24, 2.45) is 28.6 Å². The van der Waals surface area contributed by atoms with Gasteiger partial charge in [-0.15, -0.1) is 0 Å². The number of rotatable bonds is 5. The van der Waals surface area contributed by atoms with Gasteiger partial charge in [0.05, 0.1) is 6.10 Å². The molecule has 34 heavy (non-hydrogen) atoms. The molecule has 1 heterocycles. The van der Waals surface area contributed by atoms with Gasteiger partial charge in [0, 0.05) is 23.7 Å². The van der Waals surface area contributed by atoms with Crippen molar-refractivity contribution in [3.8, 4) is 0 Å². The Bertz CT molecular complexity index is 975. The lowest BCUT2D eigenvalue weighted by atomic mass is 9.47. The summed E-state index contributed by atoms with van der Waals surface area (Å²) in [5, 5.41) is 6.20. The molecule has 184 valence electrons. The van der Waals surface area contributed by atoms with Gasteiger partial charge in [0.2, 0.25) is 11.8 Å². The number of fused-ring (bicyclic) bond motifs is 5. The molecule has 6 nitrogen and oxygen atoms in total. The normalized spacial score (nSPS) is 38.8. The number of anilines is 1. The first-order chi connectivity index (χ1) is 16.2. The van der Waals surface area contributed by atoms with Gasteiger partial charge in [-0.2, -0.15) is 0 Å². The van der Waals surface area contributed by atoms with Crippen LogP contribution in [0.1, 0.15) is 82.5 Å². The first-order valence-electron chi connectivity index (χ1n) is 13.0. The van der Waals surface area contributed by atoms with E-state index in [0.717, 1.165) is 25.7 Å². The van der Waals surface area contributed by atoms with Crippen LogP contribution in [0.15, 0.2) is 24.3 Å². The van der Waals surface area contributed by atoms with Gasteiger partial charge in [-0.25, -0.2) is 0 Å². The molecule has 0 spiro atoms. The van der Waals surface area contributed by atoms with Crippen molar-refractivity contribution in [2.45, 2.75) is 84.3 Å². The van der Waals surface area contributed by atoms with Crippen LogP contribution in [0.3, 0.4) is 0 Å². The lowest BCUT2D eigenvalue weighted by molar-refractivity contribution is -0.143. The van der Waals surface area contributed by atoms with Gasteiger partial charge in [0.25, 0.3) is 0 Å². The van der Waals surface area contributed by atoms with Crippen molar-refractivity contribution >= 4 is 23.3 Å². The van der Waals surface area contributed by atoms with Crippen molar-refractivity contribution in [1.82, 2.24) is 5.32 Å². The average molecular weight is 467 g/mol. The number of ether oxygens (including phenoxy) is 1. The van der Waals surface area contributed by atoms with Crippen molar-refractivity contribution in [3.63, 3.8) is 0 Å². The Labute approximate surface area is 202 Å². The Kier molecular flexibility index (Phi) is 6.07. The molecule has 4 fully saturated rings. The highest BCUT2D eigenvalue weighted by atomic mass is 16.5. The monoisotopic (exact) mass is 466 g/mol. The summed E-state index contributed by atoms with van der Waals surface area (Å²) in [5.41, 5.74) is 1.65. The summed E-state index contributed by atoms with van der Waals surface area (Å²) >= 11 is 0. The Morgan fingerprint density at radius 1 is 1.00 bits per heavy atom. The van der Waals surface area contributed by atoms with Crippen LogP contribution in [0.2, 0.25) is 0 Å². The van der Waals surface area contributed by atoms with Crippen molar-refractivity contribution in [2.75, 3.05) is 11.9 Å². The zero-order valence-corrected chi connectivity index (χ0v) is 20.7. The Balaban J connectivity index is 1.20. The van der Waals surface area contributed by atoms with E-state index in [9.17, 15) is 14.4 Å². The maximum atomic E-state index is 12.6. The fourth-order valence-electron chi connectivity index (χ4n) is 8.09. The highest BCUT2D eigenvalue weighted by molar-refractivity contribution is 5.95. The molecule has 1 aromatic rings. The second-order valence-corrected chi connectivity index (χ2v) is 11.7. The van der Waals surface area contributed by atoms with E-state index in [2.05, 4.69) is 24.5 Å². The molecule has 6 heteroatoms. The predicted octanol–water partition coefficient (Wildman–Crippen LogP) is 4.73. The SMILES string of the molecule is CC(=O)c1ccc(NC(=O)CO[C@H]2CCC3C4CC[C@H]5NC(=O)CC[C@]5(C)C4CC[C@@]32C)cc1. The van der Waals surface area contributed by atoms with Crippen LogP contribution in [0, 0.1) is 28.6 Å². The molecule has 7 atom stereocenters. The van der Waals surface area contributed by atoms with Gasteiger partial charge < -0.3 is 15.4 Å². The van der Waals surface area contributed by atoms with E-state index < -0.39 is 0 Å². The van der Waals surface area contributed by atoms with Gasteiger partial charge in [0.1, 0.15) is 6.61 Å². The van der Waals surface area contributed by atoms with E-state index in [4.69, 9.17) is 4.74 Å². The number of benzene rings is 1. The lowest BCUT2D eigenvalue weighted by Gasteiger charge is -2.60. The Morgan fingerprint density at radius 2 is 1.74 bits per heavy atom. The van der Waals surface area contributed by atoms with E-state index >= 15 is 0 Å². The molecular formula is C28H38N2O4. The fourth-order valence-corrected chi connectivity index (χ4v) is 8.09. The molecule has 0 radical (unpaired) electrons. The maximum Gasteiger partial charge on any atom is 0.250 e. The van der Waals surface area contributed by atoms with Crippen LogP contribution in [0.25, 0.3) is 0 Å². The quantitative estimate of drug-likeness (QED) is 0.614. The first kappa shape index (κ1) is 23.5. The van der Waals surface area contributed by atoms with Gasteiger partial charge in [-0.1, -0.05) is 13.8 Å². The molecule has 2 N–H and O–H groups in total. The zero-order valence-electron chi connectivity index (χ0n) is 20.7. The standard InChI is InChI=1S/C28H38N2O4/c1-17(31)18-4-6-19(7-5-18)29-26(33)16-34-24-11-9-21-20-8-10-23-27(2,15-13-25(32)30-23)22(20)12-14-28(21,24)3/h4-7,20-24H,8-16H2,1-3H3,(H,29,33)(H,30,32)/t20?,21?,22?,23-,24+,27-,28+/m1/s1. The number of carbonyl (C=O) groups is 3. The number of Topliss-reactive ketones (excluding diaryl/α,β-unsaturated/α-hetero) is 1. The lowest BCUT2D eigenvalue weighted by Crippen LogP contribution is -2.61. The van der Waals surface area contributed by atoms with Gasteiger partial charge in [0.15, 0.2) is 5.78 Å². The van der Waals surface area contributed by atoms with Crippen molar-refractivity contribution in [3.05, 3.63) is 29.8 Å². The maximum absolute atomic E-state index is 12.6. The molecule has 3 unspecified atom stereocenters. The van der Waals surface area contributed by atoms with Crippen LogP contribution in [-0.2, 0) is 14.3 Å². The number of carbonyl (C=O) groups excluding carboxylic acids is 3. The molecule has 1 aromatic carbocycles. The molecule has 3 saturated carbocycles. The largest absolute Gasteiger partial charge is 0.368 e. The third-order valence-corrected chi connectivity index (χ3v) is 10.00. The second-order valence-electron chi connectivity index (χ2n) is 11.7. The van der Waals surface area contributed by atoms with Gasteiger partial charge >= 0.3 is 0 Å². The van der Waals surface area contributed by atoms with Crippen LogP contribution < -0.4 is 10.6 Å². The summed E-state index contributed by atoms with van der Waals surface area (Å²) in [6.07, 6.45) is 8.58. The number of ketones is 1. The number of hydrogen-bond donors (Lipinski definition) is 2. The number of piperidine rings is 1. The summed E-state index contributed by atoms with van der Waals surface area (Å²) in [5.74, 6) is 2.08. The van der Waals surface area contributed by atoms with Crippen molar-refractivity contribution in [1.29, 1.82) is 0 Å². The number of amides is 2. The molecule has 2 amide bonds. The molecule has 5 rings (SSSR count). The highest BCUT2D eigenvalue weighted by Gasteiger charge is 2.60. The molecule has 1 aliphatic heterocycles. The van der Waals surface area contributed by atoms with E-state index in [1.807, 2.05) is 0 Å². The molecular weight excluding hydrogens is 428 g/mol. The Hall–Kier alpha value is -2.21. The summed E-state index contributed by atoms with van der Waals surface area (Å²) < 4.78 is 6.27. The van der Waals surface area contributed by atoms with Gasteiger partial charge in [-0.3, -0.25) is 14.4 Å². The van der Waals surface area contributed by atoms with E-state index in [0.29, 0.717) is 41.5 Å². The smallest absolute Gasteiger partial charge is 0.250 e. The first-order valence-corrected chi connectivity index (χ1v) is 13.0. The van der Waals surface area contributed by atoms with E-state index in [-0.39, 0.29) is 41.1 Å². The number of nitrogens with one attached hydrogen (secondary N) is 2. The molecule has 0 aromatic heterocycles. The minimum Gasteiger partial charge on any atom is -0.368 e. The second kappa shape index (κ2) is 8.78. The van der Waals surface area contributed by atoms with E-state index in [1.165, 1.54) is 26.2 Å².